The normalized spacial score (nSPS) is 11.2. The van der Waals surface area contributed by atoms with E-state index in [0.717, 1.165) is 44.3 Å². The van der Waals surface area contributed by atoms with E-state index in [9.17, 15) is 4.79 Å². The number of benzene rings is 2. The molecule has 2 aromatic carbocycles. The zero-order valence-corrected chi connectivity index (χ0v) is 16.4. The molecule has 0 bridgehead atoms. The average molecular weight is 376 g/mol. The lowest BCUT2D eigenvalue weighted by molar-refractivity contribution is 0.536. The summed E-state index contributed by atoms with van der Waals surface area (Å²) in [4.78, 5) is 13.0. The van der Waals surface area contributed by atoms with Gasteiger partial charge in [0.05, 0.1) is 5.39 Å². The maximum Gasteiger partial charge on any atom is 0.344 e. The van der Waals surface area contributed by atoms with Gasteiger partial charge in [-0.05, 0) is 47.7 Å². The Balaban J connectivity index is 2.03. The summed E-state index contributed by atoms with van der Waals surface area (Å²) in [5.74, 6) is 0.633. The molecule has 140 valence electrons. The Morgan fingerprint density at radius 1 is 0.655 bits per heavy atom. The van der Waals surface area contributed by atoms with Crippen molar-refractivity contribution in [2.45, 2.75) is 13.8 Å². The molecule has 0 atom stereocenters. The summed E-state index contributed by atoms with van der Waals surface area (Å²) < 4.78 is 6.00. The fraction of sp³-hybridized carbons (Fsp3) is 0.0741. The summed E-state index contributed by atoms with van der Waals surface area (Å²) in [5, 5.41) is 1.58. The summed E-state index contributed by atoms with van der Waals surface area (Å²) >= 11 is 0. The molecular formula is C27H20O2. The van der Waals surface area contributed by atoms with Crippen molar-refractivity contribution < 1.29 is 4.42 Å². The minimum Gasteiger partial charge on any atom is -0.422 e. The van der Waals surface area contributed by atoms with Crippen molar-refractivity contribution in [3.8, 4) is 33.6 Å². The molecule has 0 fully saturated rings. The molecule has 2 nitrogen and oxygen atoms in total. The van der Waals surface area contributed by atoms with Crippen molar-refractivity contribution in [3.63, 3.8) is 0 Å². The number of hydrogen-bond donors (Lipinski definition) is 0. The van der Waals surface area contributed by atoms with Crippen LogP contribution in [0.25, 0.3) is 44.3 Å². The molecule has 5 rings (SSSR count). The standard InChI is InChI=1S/C27H20O2/c1-17-10-6-8-13-20(17)25-24-22-15-5-3-4-12-19(22)16-23(24)27(28)29-26(25)21-14-9-7-11-18(21)2/h3-16H,1-2H3. The molecule has 2 aliphatic rings. The lowest BCUT2D eigenvalue weighted by Gasteiger charge is -2.15. The second-order valence-corrected chi connectivity index (χ2v) is 7.44. The van der Waals surface area contributed by atoms with Crippen molar-refractivity contribution in [2.24, 2.45) is 0 Å². The minimum absolute atomic E-state index is 0.297. The fourth-order valence-corrected chi connectivity index (χ4v) is 4.16. The topological polar surface area (TPSA) is 30.2 Å². The molecule has 2 aliphatic carbocycles. The van der Waals surface area contributed by atoms with Crippen molar-refractivity contribution in [3.05, 3.63) is 106 Å². The molecule has 1 heterocycles. The lowest BCUT2D eigenvalue weighted by Crippen LogP contribution is -2.02. The zero-order chi connectivity index (χ0) is 20.0. The monoisotopic (exact) mass is 376 g/mol. The van der Waals surface area contributed by atoms with Gasteiger partial charge in [0.25, 0.3) is 0 Å². The van der Waals surface area contributed by atoms with Crippen LogP contribution in [-0.4, -0.2) is 0 Å². The number of rotatable bonds is 2. The van der Waals surface area contributed by atoms with E-state index in [1.54, 1.807) is 0 Å². The van der Waals surface area contributed by atoms with Gasteiger partial charge in [-0.15, -0.1) is 0 Å². The van der Waals surface area contributed by atoms with Crippen LogP contribution in [0.1, 0.15) is 11.1 Å². The maximum absolute atomic E-state index is 13.0. The van der Waals surface area contributed by atoms with E-state index in [1.807, 2.05) is 73.7 Å². The van der Waals surface area contributed by atoms with Gasteiger partial charge in [-0.2, -0.15) is 0 Å². The Bertz CT molecular complexity index is 1390. The van der Waals surface area contributed by atoms with E-state index in [2.05, 4.69) is 25.1 Å². The van der Waals surface area contributed by atoms with Crippen LogP contribution < -0.4 is 5.63 Å². The number of hydrogen-bond acceptors (Lipinski definition) is 2. The highest BCUT2D eigenvalue weighted by atomic mass is 16.4. The van der Waals surface area contributed by atoms with Gasteiger partial charge in [-0.25, -0.2) is 4.79 Å². The summed E-state index contributed by atoms with van der Waals surface area (Å²) in [6, 6.07) is 28.4. The van der Waals surface area contributed by atoms with E-state index in [4.69, 9.17) is 4.42 Å². The smallest absolute Gasteiger partial charge is 0.344 e. The summed E-state index contributed by atoms with van der Waals surface area (Å²) in [6.07, 6.45) is 0. The van der Waals surface area contributed by atoms with Crippen LogP contribution in [-0.2, 0) is 0 Å². The highest BCUT2D eigenvalue weighted by molar-refractivity contribution is 6.12. The van der Waals surface area contributed by atoms with Crippen LogP contribution >= 0.6 is 0 Å². The Hall–Kier alpha value is -3.65. The Morgan fingerprint density at radius 2 is 1.24 bits per heavy atom. The van der Waals surface area contributed by atoms with Gasteiger partial charge in [0.15, 0.2) is 0 Å². The van der Waals surface area contributed by atoms with Crippen molar-refractivity contribution in [1.82, 2.24) is 0 Å². The summed E-state index contributed by atoms with van der Waals surface area (Å²) in [6.45, 7) is 4.14. The third kappa shape index (κ3) is 2.76. The molecule has 0 aliphatic heterocycles. The van der Waals surface area contributed by atoms with Gasteiger partial charge in [0, 0.05) is 16.5 Å². The molecule has 0 unspecified atom stereocenters. The predicted octanol–water partition coefficient (Wildman–Crippen LogP) is 6.85. The van der Waals surface area contributed by atoms with Gasteiger partial charge in [-0.3, -0.25) is 0 Å². The first-order valence-electron chi connectivity index (χ1n) is 9.76. The second kappa shape index (κ2) is 6.75. The van der Waals surface area contributed by atoms with Gasteiger partial charge in [-0.1, -0.05) is 78.9 Å². The third-order valence-electron chi connectivity index (χ3n) is 5.61. The molecule has 0 radical (unpaired) electrons. The van der Waals surface area contributed by atoms with Crippen LogP contribution in [0.4, 0.5) is 0 Å². The van der Waals surface area contributed by atoms with Crippen molar-refractivity contribution >= 4 is 10.8 Å². The van der Waals surface area contributed by atoms with Gasteiger partial charge in [0.1, 0.15) is 5.76 Å². The molecule has 29 heavy (non-hydrogen) atoms. The molecule has 0 N–H and O–H groups in total. The number of fused-ring (bicyclic) bond motifs is 3. The lowest BCUT2D eigenvalue weighted by atomic mass is 9.91. The molecule has 2 heteroatoms. The van der Waals surface area contributed by atoms with E-state index < -0.39 is 0 Å². The van der Waals surface area contributed by atoms with Crippen molar-refractivity contribution in [2.75, 3.05) is 0 Å². The van der Waals surface area contributed by atoms with Crippen LogP contribution in [0.3, 0.4) is 0 Å². The van der Waals surface area contributed by atoms with E-state index in [-0.39, 0.29) is 5.63 Å². The third-order valence-corrected chi connectivity index (χ3v) is 5.61. The average Bonchev–Trinajstić information content (AvgIpc) is 2.92. The minimum atomic E-state index is -0.297. The SMILES string of the molecule is Cc1ccccc1-c1oc(=O)c2cc3cccccc-3c2c1-c1ccccc1C. The largest absolute Gasteiger partial charge is 0.422 e. The van der Waals surface area contributed by atoms with Gasteiger partial charge < -0.3 is 4.42 Å². The quantitative estimate of drug-likeness (QED) is 0.337. The first-order valence-corrected chi connectivity index (χ1v) is 9.76. The van der Waals surface area contributed by atoms with Crippen LogP contribution in [0.2, 0.25) is 0 Å². The molecule has 0 spiro atoms. The van der Waals surface area contributed by atoms with Crippen molar-refractivity contribution in [1.29, 1.82) is 0 Å². The zero-order valence-electron chi connectivity index (χ0n) is 16.4. The van der Waals surface area contributed by atoms with Gasteiger partial charge >= 0.3 is 5.63 Å². The molecule has 0 saturated carbocycles. The van der Waals surface area contributed by atoms with Crippen LogP contribution in [0.5, 0.6) is 0 Å². The Kier molecular flexibility index (Phi) is 4.06. The van der Waals surface area contributed by atoms with Crippen LogP contribution in [0, 0.1) is 13.8 Å². The first kappa shape index (κ1) is 17.4. The fourth-order valence-electron chi connectivity index (χ4n) is 4.16. The molecule has 1 aromatic heterocycles. The molecule has 0 saturated heterocycles. The maximum atomic E-state index is 13.0. The second-order valence-electron chi connectivity index (χ2n) is 7.44. The Morgan fingerprint density at radius 3 is 1.97 bits per heavy atom. The summed E-state index contributed by atoms with van der Waals surface area (Å²) in [5.41, 5.74) is 7.03. The first-order chi connectivity index (χ1) is 14.1. The van der Waals surface area contributed by atoms with E-state index >= 15 is 0 Å². The summed E-state index contributed by atoms with van der Waals surface area (Å²) in [7, 11) is 0. The van der Waals surface area contributed by atoms with Crippen LogP contribution in [0.15, 0.2) is 94.1 Å². The van der Waals surface area contributed by atoms with E-state index in [1.165, 1.54) is 0 Å². The Labute approximate surface area is 169 Å². The molecule has 0 amide bonds. The molecular weight excluding hydrogens is 356 g/mol. The predicted molar refractivity (Wildman–Crippen MR) is 119 cm³/mol. The number of aryl methyl sites for hydroxylation is 2. The molecule has 3 aromatic rings. The van der Waals surface area contributed by atoms with E-state index in [0.29, 0.717) is 11.1 Å². The highest BCUT2D eigenvalue weighted by Crippen LogP contribution is 2.44. The highest BCUT2D eigenvalue weighted by Gasteiger charge is 2.23. The van der Waals surface area contributed by atoms with Gasteiger partial charge in [0.2, 0.25) is 0 Å².